The van der Waals surface area contributed by atoms with Crippen LogP contribution in [0.25, 0.3) is 22.5 Å². The normalized spacial score (nSPS) is 11.0. The van der Waals surface area contributed by atoms with Crippen LogP contribution in [0.5, 0.6) is 0 Å². The molecular weight excluding hydrogens is 349 g/mol. The summed E-state index contributed by atoms with van der Waals surface area (Å²) in [5.41, 5.74) is 1.37. The van der Waals surface area contributed by atoms with Crippen molar-refractivity contribution in [1.29, 1.82) is 0 Å². The van der Waals surface area contributed by atoms with Crippen molar-refractivity contribution < 1.29 is 13.2 Å². The van der Waals surface area contributed by atoms with Crippen LogP contribution in [0, 0.1) is 17.5 Å². The molecule has 0 unspecified atom stereocenters. The second kappa shape index (κ2) is 8.80. The summed E-state index contributed by atoms with van der Waals surface area (Å²) in [6, 6.07) is 7.45. The van der Waals surface area contributed by atoms with E-state index in [1.165, 1.54) is 55.7 Å². The molecular formula is C22H21F3N2. The van der Waals surface area contributed by atoms with Crippen LogP contribution in [0.1, 0.15) is 38.2 Å². The van der Waals surface area contributed by atoms with E-state index in [9.17, 15) is 13.2 Å². The quantitative estimate of drug-likeness (QED) is 0.453. The maximum Gasteiger partial charge on any atom is 0.159 e. The average Bonchev–Trinajstić information content (AvgIpc) is 2.67. The molecule has 0 bridgehead atoms. The Kier molecular flexibility index (Phi) is 6.22. The van der Waals surface area contributed by atoms with Gasteiger partial charge in [0.1, 0.15) is 17.5 Å². The van der Waals surface area contributed by atoms with Gasteiger partial charge in [-0.25, -0.2) is 23.1 Å². The number of aromatic nitrogens is 2. The van der Waals surface area contributed by atoms with Crippen molar-refractivity contribution in [2.45, 2.75) is 39.0 Å². The lowest BCUT2D eigenvalue weighted by Crippen LogP contribution is -1.97. The molecule has 1 aromatic heterocycles. The Morgan fingerprint density at radius 1 is 0.778 bits per heavy atom. The summed E-state index contributed by atoms with van der Waals surface area (Å²) in [5.74, 6) is -1.65. The molecule has 1 heterocycles. The number of rotatable bonds is 7. The maximum absolute atomic E-state index is 14.5. The number of nitrogens with zero attached hydrogens (tertiary/aromatic N) is 2. The Labute approximate surface area is 157 Å². The third-order valence-electron chi connectivity index (χ3n) is 4.46. The molecule has 3 rings (SSSR count). The van der Waals surface area contributed by atoms with Gasteiger partial charge in [0.05, 0.1) is 5.56 Å². The summed E-state index contributed by atoms with van der Waals surface area (Å²) in [5, 5.41) is 0. The molecule has 0 fully saturated rings. The number of hydrogen-bond acceptors (Lipinski definition) is 2. The lowest BCUT2D eigenvalue weighted by molar-refractivity contribution is 0.589. The van der Waals surface area contributed by atoms with Crippen LogP contribution < -0.4 is 0 Å². The van der Waals surface area contributed by atoms with Crippen molar-refractivity contribution in [1.82, 2.24) is 9.97 Å². The lowest BCUT2D eigenvalue weighted by atomic mass is 10.0. The van der Waals surface area contributed by atoms with Crippen LogP contribution in [-0.2, 0) is 6.42 Å². The molecule has 0 radical (unpaired) electrons. The van der Waals surface area contributed by atoms with Gasteiger partial charge < -0.3 is 0 Å². The Hall–Kier alpha value is -2.69. The largest absolute Gasteiger partial charge is 0.236 e. The van der Waals surface area contributed by atoms with Gasteiger partial charge in [0.2, 0.25) is 0 Å². The van der Waals surface area contributed by atoms with Gasteiger partial charge in [-0.05, 0) is 48.2 Å². The molecule has 0 spiro atoms. The Morgan fingerprint density at radius 3 is 2.00 bits per heavy atom. The predicted octanol–water partition coefficient (Wildman–Crippen LogP) is 6.35. The van der Waals surface area contributed by atoms with Crippen molar-refractivity contribution >= 4 is 0 Å². The van der Waals surface area contributed by atoms with E-state index in [4.69, 9.17) is 0 Å². The van der Waals surface area contributed by atoms with Crippen LogP contribution in [0.3, 0.4) is 0 Å². The molecule has 0 N–H and O–H groups in total. The number of benzene rings is 2. The topological polar surface area (TPSA) is 25.8 Å². The standard InChI is InChI=1S/C22H21F3N2/c1-2-3-4-5-6-15-13-26-22(27-14-15)17-11-19(24)21(20(25)12-17)16-7-9-18(23)10-8-16/h7-14H,2-6H2,1H3. The highest BCUT2D eigenvalue weighted by Crippen LogP contribution is 2.30. The third-order valence-corrected chi connectivity index (χ3v) is 4.46. The van der Waals surface area contributed by atoms with Crippen molar-refractivity contribution in [2.75, 3.05) is 0 Å². The van der Waals surface area contributed by atoms with Crippen LogP contribution in [0.4, 0.5) is 13.2 Å². The van der Waals surface area contributed by atoms with Gasteiger partial charge in [0.15, 0.2) is 5.82 Å². The Bertz CT molecular complexity index is 867. The van der Waals surface area contributed by atoms with Crippen molar-refractivity contribution in [3.8, 4) is 22.5 Å². The minimum atomic E-state index is -0.733. The molecule has 2 aromatic carbocycles. The van der Waals surface area contributed by atoms with E-state index in [1.807, 2.05) is 0 Å². The van der Waals surface area contributed by atoms with Crippen LogP contribution >= 0.6 is 0 Å². The van der Waals surface area contributed by atoms with Crippen LogP contribution in [0.15, 0.2) is 48.8 Å². The summed E-state index contributed by atoms with van der Waals surface area (Å²) in [6.07, 6.45) is 8.94. The zero-order valence-electron chi connectivity index (χ0n) is 15.2. The number of hydrogen-bond donors (Lipinski definition) is 0. The van der Waals surface area contributed by atoms with E-state index in [0.717, 1.165) is 18.4 Å². The number of aryl methyl sites for hydroxylation is 1. The molecule has 0 saturated heterocycles. The SMILES string of the molecule is CCCCCCc1cnc(-c2cc(F)c(-c3ccc(F)cc3)c(F)c2)nc1. The first-order chi connectivity index (χ1) is 13.1. The maximum atomic E-state index is 14.5. The molecule has 5 heteroatoms. The second-order valence-corrected chi connectivity index (χ2v) is 6.55. The van der Waals surface area contributed by atoms with E-state index in [-0.39, 0.29) is 22.5 Å². The Balaban J connectivity index is 1.80. The van der Waals surface area contributed by atoms with Crippen molar-refractivity contribution in [2.24, 2.45) is 0 Å². The van der Waals surface area contributed by atoms with Gasteiger partial charge in [0, 0.05) is 18.0 Å². The minimum Gasteiger partial charge on any atom is -0.236 e. The number of unbranched alkanes of at least 4 members (excludes halogenated alkanes) is 3. The second-order valence-electron chi connectivity index (χ2n) is 6.55. The molecule has 0 amide bonds. The fourth-order valence-corrected chi connectivity index (χ4v) is 2.98. The molecule has 0 aliphatic carbocycles. The molecule has 0 saturated carbocycles. The van der Waals surface area contributed by atoms with Gasteiger partial charge >= 0.3 is 0 Å². The smallest absolute Gasteiger partial charge is 0.159 e. The first-order valence-electron chi connectivity index (χ1n) is 9.14. The summed E-state index contributed by atoms with van der Waals surface area (Å²) in [4.78, 5) is 8.50. The molecule has 2 nitrogen and oxygen atoms in total. The van der Waals surface area contributed by atoms with Crippen LogP contribution in [0.2, 0.25) is 0 Å². The summed E-state index contributed by atoms with van der Waals surface area (Å²) >= 11 is 0. The van der Waals surface area contributed by atoms with Crippen LogP contribution in [-0.4, -0.2) is 9.97 Å². The highest BCUT2D eigenvalue weighted by atomic mass is 19.1. The van der Waals surface area contributed by atoms with E-state index in [1.54, 1.807) is 12.4 Å². The fraction of sp³-hybridized carbons (Fsp3) is 0.273. The van der Waals surface area contributed by atoms with Gasteiger partial charge in [-0.2, -0.15) is 0 Å². The van der Waals surface area contributed by atoms with E-state index >= 15 is 0 Å². The third kappa shape index (κ3) is 4.73. The van der Waals surface area contributed by atoms with Gasteiger partial charge in [-0.1, -0.05) is 38.3 Å². The predicted molar refractivity (Wildman–Crippen MR) is 101 cm³/mol. The minimum absolute atomic E-state index is 0.189. The first kappa shape index (κ1) is 19.1. The highest BCUT2D eigenvalue weighted by Gasteiger charge is 2.15. The summed E-state index contributed by atoms with van der Waals surface area (Å²) < 4.78 is 42.1. The molecule has 140 valence electrons. The number of halogens is 3. The van der Waals surface area contributed by atoms with Gasteiger partial charge in [-0.3, -0.25) is 0 Å². The first-order valence-corrected chi connectivity index (χ1v) is 9.14. The van der Waals surface area contributed by atoms with Crippen molar-refractivity contribution in [3.63, 3.8) is 0 Å². The molecule has 0 aliphatic heterocycles. The zero-order chi connectivity index (χ0) is 19.2. The molecule has 0 atom stereocenters. The lowest BCUT2D eigenvalue weighted by Gasteiger charge is -2.08. The molecule has 3 aromatic rings. The average molecular weight is 370 g/mol. The van der Waals surface area contributed by atoms with Crippen molar-refractivity contribution in [3.05, 3.63) is 71.8 Å². The monoisotopic (exact) mass is 370 g/mol. The highest BCUT2D eigenvalue weighted by molar-refractivity contribution is 5.69. The summed E-state index contributed by atoms with van der Waals surface area (Å²) in [6.45, 7) is 2.16. The fourth-order valence-electron chi connectivity index (χ4n) is 2.98. The zero-order valence-corrected chi connectivity index (χ0v) is 15.2. The Morgan fingerprint density at radius 2 is 1.41 bits per heavy atom. The summed E-state index contributed by atoms with van der Waals surface area (Å²) in [7, 11) is 0. The van der Waals surface area contributed by atoms with Gasteiger partial charge in [0.25, 0.3) is 0 Å². The van der Waals surface area contributed by atoms with E-state index in [0.29, 0.717) is 0 Å². The molecule has 27 heavy (non-hydrogen) atoms. The van der Waals surface area contributed by atoms with E-state index < -0.39 is 17.5 Å². The van der Waals surface area contributed by atoms with Gasteiger partial charge in [-0.15, -0.1) is 0 Å². The van der Waals surface area contributed by atoms with E-state index in [2.05, 4.69) is 16.9 Å². The molecule has 0 aliphatic rings.